The molecule has 0 fully saturated rings. The molecule has 1 aromatic carbocycles. The van der Waals surface area contributed by atoms with Crippen molar-refractivity contribution in [2.24, 2.45) is 0 Å². The summed E-state index contributed by atoms with van der Waals surface area (Å²) in [5, 5.41) is 20.4. The highest BCUT2D eigenvalue weighted by Gasteiger charge is 2.07. The van der Waals surface area contributed by atoms with E-state index in [1.165, 1.54) is 0 Å². The smallest absolute Gasteiger partial charge is 0.166 e. The summed E-state index contributed by atoms with van der Waals surface area (Å²) in [4.78, 5) is 4.62. The predicted molar refractivity (Wildman–Crippen MR) is 98.6 cm³/mol. The zero-order valence-electron chi connectivity index (χ0n) is 13.4. The number of hydrogen-bond acceptors (Lipinski definition) is 4. The van der Waals surface area contributed by atoms with Gasteiger partial charge < -0.3 is 16.0 Å². The van der Waals surface area contributed by atoms with Crippen LogP contribution < -0.4 is 16.0 Å². The Hall–Kier alpha value is -2.39. The Labute approximate surface area is 142 Å². The van der Waals surface area contributed by atoms with E-state index in [2.05, 4.69) is 27.0 Å². The molecule has 120 valence electrons. The average molecular weight is 327 g/mol. The molecule has 5 nitrogen and oxygen atoms in total. The molecule has 0 aliphatic carbocycles. The molecule has 0 unspecified atom stereocenters. The summed E-state index contributed by atoms with van der Waals surface area (Å²) in [6.45, 7) is 6.34. The lowest BCUT2D eigenvalue weighted by atomic mass is 10.1. The maximum Gasteiger partial charge on any atom is 0.166 e. The van der Waals surface area contributed by atoms with Crippen LogP contribution in [0.4, 0.5) is 5.82 Å². The van der Waals surface area contributed by atoms with Gasteiger partial charge in [-0.3, -0.25) is 0 Å². The Bertz CT molecular complexity index is 736. The molecule has 0 saturated carbocycles. The first kappa shape index (κ1) is 17.0. The molecule has 23 heavy (non-hydrogen) atoms. The highest BCUT2D eigenvalue weighted by atomic mass is 32.1. The second kappa shape index (κ2) is 8.30. The number of para-hydroxylation sites is 1. The molecule has 6 heteroatoms. The summed E-state index contributed by atoms with van der Waals surface area (Å²) < 4.78 is 0. The SMILES string of the molecule is CCNC(=S)NCCCNc1nc2c(C)cccc2cc1C#N. The van der Waals surface area contributed by atoms with Crippen molar-refractivity contribution in [3.8, 4) is 6.07 Å². The van der Waals surface area contributed by atoms with Crippen LogP contribution in [0.25, 0.3) is 10.9 Å². The number of hydrogen-bond donors (Lipinski definition) is 3. The molecule has 0 saturated heterocycles. The molecule has 1 heterocycles. The van der Waals surface area contributed by atoms with Gasteiger partial charge in [0.25, 0.3) is 0 Å². The van der Waals surface area contributed by atoms with Gasteiger partial charge in [-0.25, -0.2) is 4.98 Å². The van der Waals surface area contributed by atoms with Crippen LogP contribution in [0, 0.1) is 18.3 Å². The van der Waals surface area contributed by atoms with Crippen LogP contribution in [-0.4, -0.2) is 29.7 Å². The number of aromatic nitrogens is 1. The third-order valence-electron chi connectivity index (χ3n) is 3.44. The van der Waals surface area contributed by atoms with E-state index in [1.807, 2.05) is 38.1 Å². The zero-order valence-corrected chi connectivity index (χ0v) is 14.3. The first-order valence-corrected chi connectivity index (χ1v) is 8.12. The number of benzene rings is 1. The molecule has 3 N–H and O–H groups in total. The van der Waals surface area contributed by atoms with E-state index in [0.717, 1.165) is 42.5 Å². The van der Waals surface area contributed by atoms with Gasteiger partial charge in [0.2, 0.25) is 0 Å². The number of anilines is 1. The Kier molecular flexibility index (Phi) is 6.12. The molecule has 0 spiro atoms. The number of pyridine rings is 1. The Balaban J connectivity index is 1.98. The average Bonchev–Trinajstić information content (AvgIpc) is 2.54. The minimum atomic E-state index is 0.569. The van der Waals surface area contributed by atoms with Crippen molar-refractivity contribution in [3.63, 3.8) is 0 Å². The Morgan fingerprint density at radius 3 is 2.87 bits per heavy atom. The molecule has 1 aromatic heterocycles. The number of nitrogens with one attached hydrogen (secondary N) is 3. The van der Waals surface area contributed by atoms with Crippen LogP contribution >= 0.6 is 12.2 Å². The summed E-state index contributed by atoms with van der Waals surface area (Å²) in [5.41, 5.74) is 2.60. The highest BCUT2D eigenvalue weighted by Crippen LogP contribution is 2.22. The zero-order chi connectivity index (χ0) is 16.7. The summed E-state index contributed by atoms with van der Waals surface area (Å²) >= 11 is 5.10. The lowest BCUT2D eigenvalue weighted by molar-refractivity contribution is 0.783. The van der Waals surface area contributed by atoms with E-state index in [4.69, 9.17) is 12.2 Å². The largest absolute Gasteiger partial charge is 0.369 e. The first-order valence-electron chi connectivity index (χ1n) is 7.71. The molecule has 2 rings (SSSR count). The van der Waals surface area contributed by atoms with Crippen molar-refractivity contribution in [2.45, 2.75) is 20.3 Å². The number of nitrogens with zero attached hydrogens (tertiary/aromatic N) is 2. The minimum absolute atomic E-state index is 0.569. The van der Waals surface area contributed by atoms with Crippen molar-refractivity contribution in [3.05, 3.63) is 35.4 Å². The van der Waals surface area contributed by atoms with Crippen molar-refractivity contribution in [2.75, 3.05) is 25.0 Å². The van der Waals surface area contributed by atoms with Gasteiger partial charge in [0.05, 0.1) is 11.1 Å². The van der Waals surface area contributed by atoms with E-state index in [1.54, 1.807) is 0 Å². The number of rotatable bonds is 6. The summed E-state index contributed by atoms with van der Waals surface area (Å²) in [7, 11) is 0. The van der Waals surface area contributed by atoms with Crippen LogP contribution in [0.1, 0.15) is 24.5 Å². The fraction of sp³-hybridized carbons (Fsp3) is 0.353. The number of aryl methyl sites for hydroxylation is 1. The molecule has 2 aromatic rings. The second-order valence-electron chi connectivity index (χ2n) is 5.21. The molecular weight excluding hydrogens is 306 g/mol. The molecule has 0 atom stereocenters. The predicted octanol–water partition coefficient (Wildman–Crippen LogP) is 2.70. The van der Waals surface area contributed by atoms with Gasteiger partial charge in [0.15, 0.2) is 5.11 Å². The van der Waals surface area contributed by atoms with E-state index in [9.17, 15) is 5.26 Å². The van der Waals surface area contributed by atoms with Crippen LogP contribution in [0.5, 0.6) is 0 Å². The summed E-state index contributed by atoms with van der Waals surface area (Å²) in [5.74, 6) is 0.642. The normalized spacial score (nSPS) is 10.1. The molecule has 0 bridgehead atoms. The van der Waals surface area contributed by atoms with Crippen LogP contribution in [-0.2, 0) is 0 Å². The van der Waals surface area contributed by atoms with Crippen molar-refractivity contribution in [1.29, 1.82) is 5.26 Å². The second-order valence-corrected chi connectivity index (χ2v) is 5.62. The van der Waals surface area contributed by atoms with Crippen LogP contribution in [0.3, 0.4) is 0 Å². The summed E-state index contributed by atoms with van der Waals surface area (Å²) in [6.07, 6.45) is 0.879. The number of thiocarbonyl (C=S) groups is 1. The first-order chi connectivity index (χ1) is 11.2. The minimum Gasteiger partial charge on any atom is -0.369 e. The topological polar surface area (TPSA) is 72.8 Å². The molecule has 0 radical (unpaired) electrons. The third-order valence-corrected chi connectivity index (χ3v) is 3.73. The van der Waals surface area contributed by atoms with E-state index in [-0.39, 0.29) is 0 Å². The van der Waals surface area contributed by atoms with Gasteiger partial charge in [-0.1, -0.05) is 18.2 Å². The quantitative estimate of drug-likeness (QED) is 0.560. The van der Waals surface area contributed by atoms with E-state index in [0.29, 0.717) is 16.5 Å². The Morgan fingerprint density at radius 1 is 1.30 bits per heavy atom. The van der Waals surface area contributed by atoms with Gasteiger partial charge in [0, 0.05) is 25.0 Å². The van der Waals surface area contributed by atoms with Gasteiger partial charge >= 0.3 is 0 Å². The van der Waals surface area contributed by atoms with Crippen molar-refractivity contribution in [1.82, 2.24) is 15.6 Å². The monoisotopic (exact) mass is 327 g/mol. The standard InChI is InChI=1S/C17H21N5S/c1-3-19-17(23)21-9-5-8-20-16-14(11-18)10-13-7-4-6-12(2)15(13)22-16/h4,6-7,10H,3,5,8-9H2,1-2H3,(H,20,22)(H2,19,21,23). The molecule has 0 aliphatic heterocycles. The van der Waals surface area contributed by atoms with Gasteiger partial charge in [-0.05, 0) is 44.1 Å². The molecule has 0 amide bonds. The van der Waals surface area contributed by atoms with E-state index < -0.39 is 0 Å². The van der Waals surface area contributed by atoms with Crippen molar-refractivity contribution < 1.29 is 0 Å². The fourth-order valence-corrected chi connectivity index (χ4v) is 2.53. The molecule has 0 aliphatic rings. The number of fused-ring (bicyclic) bond motifs is 1. The highest BCUT2D eigenvalue weighted by molar-refractivity contribution is 7.80. The Morgan fingerprint density at radius 2 is 2.13 bits per heavy atom. The lowest BCUT2D eigenvalue weighted by Crippen LogP contribution is -2.35. The number of nitriles is 1. The fourth-order valence-electron chi connectivity index (χ4n) is 2.29. The van der Waals surface area contributed by atoms with Gasteiger partial charge in [0.1, 0.15) is 11.9 Å². The van der Waals surface area contributed by atoms with Crippen molar-refractivity contribution >= 4 is 34.1 Å². The van der Waals surface area contributed by atoms with Gasteiger partial charge in [-0.15, -0.1) is 0 Å². The van der Waals surface area contributed by atoms with Crippen LogP contribution in [0.15, 0.2) is 24.3 Å². The lowest BCUT2D eigenvalue weighted by Gasteiger charge is -2.11. The summed E-state index contributed by atoms with van der Waals surface area (Å²) in [6, 6.07) is 10.1. The molecular formula is C17H21N5S. The van der Waals surface area contributed by atoms with Crippen LogP contribution in [0.2, 0.25) is 0 Å². The van der Waals surface area contributed by atoms with Gasteiger partial charge in [-0.2, -0.15) is 5.26 Å². The van der Waals surface area contributed by atoms with E-state index >= 15 is 0 Å². The maximum absolute atomic E-state index is 9.31. The maximum atomic E-state index is 9.31. The third kappa shape index (κ3) is 4.54.